The van der Waals surface area contributed by atoms with E-state index in [9.17, 15) is 8.78 Å². The molecule has 2 atom stereocenters. The van der Waals surface area contributed by atoms with Gasteiger partial charge in [-0.15, -0.1) is 0 Å². The Bertz CT molecular complexity index is 370. The van der Waals surface area contributed by atoms with Gasteiger partial charge in [-0.1, -0.05) is 18.7 Å². The first-order valence-electron chi connectivity index (χ1n) is 6.34. The van der Waals surface area contributed by atoms with Crippen molar-refractivity contribution in [2.24, 2.45) is 5.92 Å². The third-order valence-corrected chi connectivity index (χ3v) is 4.03. The molecule has 102 valence electrons. The summed E-state index contributed by atoms with van der Waals surface area (Å²) in [4.78, 5) is 0. The molecule has 0 amide bonds. The third kappa shape index (κ3) is 4.28. The van der Waals surface area contributed by atoms with Crippen LogP contribution in [0.3, 0.4) is 0 Å². The van der Waals surface area contributed by atoms with Crippen molar-refractivity contribution in [1.82, 2.24) is 5.32 Å². The molecule has 18 heavy (non-hydrogen) atoms. The van der Waals surface area contributed by atoms with E-state index in [0.717, 1.165) is 11.7 Å². The molecule has 1 aromatic rings. The first-order valence-corrected chi connectivity index (χ1v) is 7.39. The Hall–Kier alpha value is -0.550. The molecule has 1 aliphatic rings. The number of furan rings is 1. The van der Waals surface area contributed by atoms with Crippen LogP contribution in [0.2, 0.25) is 0 Å². The molecule has 2 nitrogen and oxygen atoms in total. The summed E-state index contributed by atoms with van der Waals surface area (Å²) in [6, 6.07) is 4.22. The molecule has 1 N–H and O–H groups in total. The van der Waals surface area contributed by atoms with E-state index >= 15 is 0 Å². The zero-order chi connectivity index (χ0) is 13.0. The molecule has 0 aliphatic heterocycles. The topological polar surface area (TPSA) is 25.2 Å². The molecular weight excluding hydrogens is 256 g/mol. The van der Waals surface area contributed by atoms with Gasteiger partial charge in [0.25, 0.3) is 5.76 Å². The standard InChI is InChI=1S/C13H19F2NOS/c1-9-2-3-10(6-9)16-7-11-4-5-12(17-11)8-18-13(14)15/h4-5,9-10,13,16H,2-3,6-8H2,1H3. The van der Waals surface area contributed by atoms with Gasteiger partial charge in [-0.25, -0.2) is 0 Å². The number of hydrogen-bond donors (Lipinski definition) is 1. The third-order valence-electron chi connectivity index (χ3n) is 3.33. The molecule has 5 heteroatoms. The highest BCUT2D eigenvalue weighted by Crippen LogP contribution is 2.25. The van der Waals surface area contributed by atoms with E-state index in [1.54, 1.807) is 6.07 Å². The van der Waals surface area contributed by atoms with Crippen LogP contribution < -0.4 is 5.32 Å². The van der Waals surface area contributed by atoms with Crippen molar-refractivity contribution in [3.05, 3.63) is 23.7 Å². The van der Waals surface area contributed by atoms with Crippen LogP contribution in [-0.4, -0.2) is 11.8 Å². The van der Waals surface area contributed by atoms with Crippen LogP contribution in [-0.2, 0) is 12.3 Å². The average Bonchev–Trinajstić information content (AvgIpc) is 2.93. The smallest absolute Gasteiger partial charge is 0.284 e. The molecule has 0 saturated heterocycles. The van der Waals surface area contributed by atoms with E-state index in [1.165, 1.54) is 19.3 Å². The fourth-order valence-electron chi connectivity index (χ4n) is 2.38. The van der Waals surface area contributed by atoms with Gasteiger partial charge < -0.3 is 9.73 Å². The number of nitrogens with one attached hydrogen (secondary N) is 1. The Morgan fingerprint density at radius 3 is 2.83 bits per heavy atom. The van der Waals surface area contributed by atoms with Crippen LogP contribution in [0.4, 0.5) is 8.78 Å². The lowest BCUT2D eigenvalue weighted by Crippen LogP contribution is -2.25. The lowest BCUT2D eigenvalue weighted by atomic mass is 10.1. The van der Waals surface area contributed by atoms with E-state index in [2.05, 4.69) is 12.2 Å². The van der Waals surface area contributed by atoms with Crippen molar-refractivity contribution < 1.29 is 13.2 Å². The van der Waals surface area contributed by atoms with Crippen molar-refractivity contribution in [1.29, 1.82) is 0 Å². The minimum Gasteiger partial charge on any atom is -0.464 e. The Balaban J connectivity index is 1.73. The maximum absolute atomic E-state index is 12.0. The highest BCUT2D eigenvalue weighted by Gasteiger charge is 2.20. The zero-order valence-corrected chi connectivity index (χ0v) is 11.3. The molecule has 1 saturated carbocycles. The van der Waals surface area contributed by atoms with Crippen LogP contribution in [0.25, 0.3) is 0 Å². The van der Waals surface area contributed by atoms with E-state index < -0.39 is 5.76 Å². The van der Waals surface area contributed by atoms with Gasteiger partial charge in [-0.05, 0) is 37.3 Å². The van der Waals surface area contributed by atoms with Crippen molar-refractivity contribution in [3.63, 3.8) is 0 Å². The lowest BCUT2D eigenvalue weighted by molar-refractivity contribution is 0.251. The van der Waals surface area contributed by atoms with Crippen molar-refractivity contribution in [2.75, 3.05) is 0 Å². The summed E-state index contributed by atoms with van der Waals surface area (Å²) in [7, 11) is 0. The number of alkyl halides is 2. The second-order valence-electron chi connectivity index (χ2n) is 4.94. The van der Waals surface area contributed by atoms with Crippen LogP contribution in [0.1, 0.15) is 37.7 Å². The molecule has 1 aliphatic carbocycles. The second kappa shape index (κ2) is 6.57. The van der Waals surface area contributed by atoms with E-state index in [0.29, 0.717) is 30.1 Å². The molecular formula is C13H19F2NOS. The van der Waals surface area contributed by atoms with Gasteiger partial charge in [0, 0.05) is 6.04 Å². The molecule has 0 aromatic carbocycles. The first kappa shape index (κ1) is 13.9. The summed E-state index contributed by atoms with van der Waals surface area (Å²) in [6.07, 6.45) is 3.72. The fraction of sp³-hybridized carbons (Fsp3) is 0.692. The summed E-state index contributed by atoms with van der Waals surface area (Å²) < 4.78 is 29.6. The SMILES string of the molecule is CC1CCC(NCc2ccc(CSC(F)F)o2)C1. The minimum atomic E-state index is -2.34. The Labute approximate surface area is 111 Å². The summed E-state index contributed by atoms with van der Waals surface area (Å²) in [5.41, 5.74) is 0. The number of hydrogen-bond acceptors (Lipinski definition) is 3. The molecule has 0 bridgehead atoms. The van der Waals surface area contributed by atoms with Gasteiger partial charge in [0.05, 0.1) is 12.3 Å². The van der Waals surface area contributed by atoms with E-state index in [4.69, 9.17) is 4.42 Å². The van der Waals surface area contributed by atoms with Gasteiger partial charge in [-0.3, -0.25) is 0 Å². The average molecular weight is 275 g/mol. The molecule has 1 heterocycles. The quantitative estimate of drug-likeness (QED) is 0.849. The predicted molar refractivity (Wildman–Crippen MR) is 69.6 cm³/mol. The fourth-order valence-corrected chi connectivity index (χ4v) is 2.82. The molecule has 0 spiro atoms. The van der Waals surface area contributed by atoms with Gasteiger partial charge >= 0.3 is 0 Å². The van der Waals surface area contributed by atoms with Crippen LogP contribution in [0.15, 0.2) is 16.5 Å². The maximum atomic E-state index is 12.0. The van der Waals surface area contributed by atoms with Gasteiger partial charge in [-0.2, -0.15) is 8.78 Å². The van der Waals surface area contributed by atoms with Crippen molar-refractivity contribution >= 4 is 11.8 Å². The van der Waals surface area contributed by atoms with Crippen LogP contribution >= 0.6 is 11.8 Å². The molecule has 1 fully saturated rings. The van der Waals surface area contributed by atoms with E-state index in [1.807, 2.05) is 6.07 Å². The van der Waals surface area contributed by atoms with Gasteiger partial charge in [0.1, 0.15) is 11.5 Å². The first-order chi connectivity index (χ1) is 8.63. The van der Waals surface area contributed by atoms with E-state index in [-0.39, 0.29) is 5.75 Å². The molecule has 1 aromatic heterocycles. The minimum absolute atomic E-state index is 0.234. The molecule has 0 radical (unpaired) electrons. The van der Waals surface area contributed by atoms with Crippen LogP contribution in [0.5, 0.6) is 0 Å². The van der Waals surface area contributed by atoms with Gasteiger partial charge in [0.15, 0.2) is 0 Å². The van der Waals surface area contributed by atoms with Crippen molar-refractivity contribution in [2.45, 2.75) is 50.3 Å². The second-order valence-corrected chi connectivity index (χ2v) is 5.91. The Morgan fingerprint density at radius 1 is 1.39 bits per heavy atom. The highest BCUT2D eigenvalue weighted by atomic mass is 32.2. The van der Waals surface area contributed by atoms with Gasteiger partial charge in [0.2, 0.25) is 0 Å². The Kier molecular flexibility index (Phi) is 5.06. The Morgan fingerprint density at radius 2 is 2.17 bits per heavy atom. The number of rotatable bonds is 6. The van der Waals surface area contributed by atoms with Crippen LogP contribution in [0, 0.1) is 5.92 Å². The molecule has 2 rings (SSSR count). The largest absolute Gasteiger partial charge is 0.464 e. The predicted octanol–water partition coefficient (Wildman–Crippen LogP) is 4.01. The zero-order valence-electron chi connectivity index (χ0n) is 10.5. The summed E-state index contributed by atoms with van der Waals surface area (Å²) in [5.74, 6) is 0.156. The summed E-state index contributed by atoms with van der Waals surface area (Å²) in [5, 5.41) is 3.46. The summed E-state index contributed by atoms with van der Waals surface area (Å²) in [6.45, 7) is 2.96. The molecule has 2 unspecified atom stereocenters. The maximum Gasteiger partial charge on any atom is 0.284 e. The monoisotopic (exact) mass is 275 g/mol. The normalized spacial score (nSPS) is 24.0. The summed E-state index contributed by atoms with van der Waals surface area (Å²) >= 11 is 0.594. The highest BCUT2D eigenvalue weighted by molar-refractivity contribution is 7.98. The lowest BCUT2D eigenvalue weighted by Gasteiger charge is -2.10. The number of thioether (sulfide) groups is 1. The van der Waals surface area contributed by atoms with Crippen molar-refractivity contribution in [3.8, 4) is 0 Å². The number of halogens is 2.